The number of methoxy groups -OCH3 is 1. The van der Waals surface area contributed by atoms with Gasteiger partial charge in [0.15, 0.2) is 0 Å². The highest BCUT2D eigenvalue weighted by molar-refractivity contribution is 7.90. The molecule has 4 aliphatic rings. The first-order chi connectivity index (χ1) is 21.1. The van der Waals surface area contributed by atoms with E-state index < -0.39 is 21.2 Å². The van der Waals surface area contributed by atoms with Gasteiger partial charge in [-0.3, -0.25) is 4.79 Å². The molecule has 2 heterocycles. The van der Waals surface area contributed by atoms with Crippen LogP contribution in [-0.2, 0) is 26.6 Å². The van der Waals surface area contributed by atoms with Gasteiger partial charge in [-0.2, -0.15) is 0 Å². The third-order valence-corrected chi connectivity index (χ3v) is 12.3. The summed E-state index contributed by atoms with van der Waals surface area (Å²) in [5.74, 6) is 1.09. The van der Waals surface area contributed by atoms with Crippen molar-refractivity contribution in [1.82, 2.24) is 4.72 Å². The van der Waals surface area contributed by atoms with Crippen molar-refractivity contribution < 1.29 is 22.7 Å². The average molecular weight is 641 g/mol. The van der Waals surface area contributed by atoms with Gasteiger partial charge >= 0.3 is 0 Å². The van der Waals surface area contributed by atoms with Crippen LogP contribution in [0.3, 0.4) is 0 Å². The lowest BCUT2D eigenvalue weighted by atomic mass is 9.68. The smallest absolute Gasteiger partial charge is 0.264 e. The molecular weight excluding hydrogens is 596 g/mol. The summed E-state index contributed by atoms with van der Waals surface area (Å²) in [6.45, 7) is 6.10. The molecule has 2 aliphatic heterocycles. The molecule has 1 fully saturated rings. The van der Waals surface area contributed by atoms with Crippen molar-refractivity contribution >= 4 is 33.2 Å². The van der Waals surface area contributed by atoms with E-state index in [1.54, 1.807) is 13.2 Å². The number of carbonyl (C=O) groups is 1. The van der Waals surface area contributed by atoms with E-state index in [2.05, 4.69) is 33.9 Å². The number of benzene rings is 2. The summed E-state index contributed by atoms with van der Waals surface area (Å²) in [6.07, 6.45) is 10.9. The molecule has 9 heteroatoms. The van der Waals surface area contributed by atoms with Crippen molar-refractivity contribution in [3.63, 3.8) is 0 Å². The maximum Gasteiger partial charge on any atom is 0.264 e. The van der Waals surface area contributed by atoms with Crippen molar-refractivity contribution in [3.8, 4) is 5.75 Å². The van der Waals surface area contributed by atoms with Crippen molar-refractivity contribution in [2.75, 3.05) is 31.7 Å². The first-order valence-electron chi connectivity index (χ1n) is 16.1. The maximum absolute atomic E-state index is 13.5. The van der Waals surface area contributed by atoms with Crippen LogP contribution in [-0.4, -0.2) is 52.5 Å². The second-order valence-corrected chi connectivity index (χ2v) is 16.1. The Bertz CT molecular complexity index is 1520. The number of hydrogen-bond acceptors (Lipinski definition) is 6. The van der Waals surface area contributed by atoms with Crippen molar-refractivity contribution in [3.05, 3.63) is 70.3 Å². The van der Waals surface area contributed by atoms with Crippen LogP contribution in [0.2, 0.25) is 5.02 Å². The molecule has 6 rings (SSSR count). The second kappa shape index (κ2) is 12.7. The lowest BCUT2D eigenvalue weighted by molar-refractivity contribution is 0.0132. The number of rotatable bonds is 3. The summed E-state index contributed by atoms with van der Waals surface area (Å²) < 4.78 is 42.1. The molecule has 0 unspecified atom stereocenters. The fourth-order valence-electron chi connectivity index (χ4n) is 7.90. The van der Waals surface area contributed by atoms with E-state index in [0.29, 0.717) is 43.3 Å². The molecule has 1 saturated carbocycles. The number of fused-ring (bicyclic) bond motifs is 4. The topological polar surface area (TPSA) is 84.9 Å². The number of aryl methyl sites for hydroxylation is 1. The van der Waals surface area contributed by atoms with Crippen LogP contribution in [0.5, 0.6) is 5.75 Å². The van der Waals surface area contributed by atoms with E-state index in [4.69, 9.17) is 21.1 Å². The van der Waals surface area contributed by atoms with Gasteiger partial charge in [0.25, 0.3) is 5.91 Å². The summed E-state index contributed by atoms with van der Waals surface area (Å²) >= 11 is 6.42. The SMILES string of the molecule is CO[C@H]1/C=C/CC[C@H](CC(C)C)S(=O)(=O)NC(=O)c2ccc3c(c2)N(C[C@@H]2CC[C@H]21)C[C@@]1(CCCc2cc(Cl)ccc21)CO3. The molecule has 1 spiro atoms. The van der Waals surface area contributed by atoms with Crippen LogP contribution in [0.4, 0.5) is 5.69 Å². The number of nitrogens with one attached hydrogen (secondary N) is 1. The van der Waals surface area contributed by atoms with Crippen LogP contribution in [0.25, 0.3) is 0 Å². The van der Waals surface area contributed by atoms with Gasteiger partial charge in [-0.05, 0) is 111 Å². The number of hydrogen-bond donors (Lipinski definition) is 1. The third kappa shape index (κ3) is 6.27. The third-order valence-electron chi connectivity index (χ3n) is 10.3. The zero-order chi connectivity index (χ0) is 31.1. The van der Waals surface area contributed by atoms with E-state index in [1.807, 2.05) is 32.0 Å². The Morgan fingerprint density at radius 2 is 2.00 bits per heavy atom. The number of halogens is 1. The highest BCUT2D eigenvalue weighted by Gasteiger charge is 2.44. The Labute approximate surface area is 267 Å². The highest BCUT2D eigenvalue weighted by atomic mass is 35.5. The summed E-state index contributed by atoms with van der Waals surface area (Å²) in [4.78, 5) is 15.9. The van der Waals surface area contributed by atoms with Crippen molar-refractivity contribution in [2.45, 2.75) is 82.0 Å². The van der Waals surface area contributed by atoms with Gasteiger partial charge in [0, 0.05) is 36.2 Å². The first kappa shape index (κ1) is 31.4. The fraction of sp³-hybridized carbons (Fsp3) is 0.571. The van der Waals surface area contributed by atoms with Crippen molar-refractivity contribution in [2.24, 2.45) is 17.8 Å². The number of ether oxygens (including phenoxy) is 2. The minimum Gasteiger partial charge on any atom is -0.490 e. The average Bonchev–Trinajstić information content (AvgIpc) is 3.12. The molecule has 1 N–H and O–H groups in total. The Morgan fingerprint density at radius 1 is 1.16 bits per heavy atom. The molecule has 1 amide bonds. The van der Waals surface area contributed by atoms with Crippen LogP contribution < -0.4 is 14.4 Å². The monoisotopic (exact) mass is 640 g/mol. The Hall–Kier alpha value is -2.55. The summed E-state index contributed by atoms with van der Waals surface area (Å²) in [7, 11) is -2.12. The molecule has 2 aliphatic carbocycles. The largest absolute Gasteiger partial charge is 0.490 e. The quantitative estimate of drug-likeness (QED) is 0.377. The van der Waals surface area contributed by atoms with Gasteiger partial charge in [0.05, 0.1) is 23.6 Å². The summed E-state index contributed by atoms with van der Waals surface area (Å²) in [5, 5.41) is 0.0858. The fourth-order valence-corrected chi connectivity index (χ4v) is 9.72. The lowest BCUT2D eigenvalue weighted by Gasteiger charge is -2.46. The van der Waals surface area contributed by atoms with E-state index in [0.717, 1.165) is 61.7 Å². The maximum atomic E-state index is 13.5. The molecule has 44 heavy (non-hydrogen) atoms. The van der Waals surface area contributed by atoms with Crippen molar-refractivity contribution in [1.29, 1.82) is 0 Å². The molecule has 0 aromatic heterocycles. The Morgan fingerprint density at radius 3 is 2.75 bits per heavy atom. The molecule has 2 aromatic carbocycles. The van der Waals surface area contributed by atoms with Crippen LogP contribution >= 0.6 is 11.6 Å². The molecular formula is C35H45ClN2O5S. The summed E-state index contributed by atoms with van der Waals surface area (Å²) in [5.41, 5.74) is 3.50. The molecule has 2 bridgehead atoms. The number of sulfonamides is 1. The molecule has 2 aromatic rings. The minimum atomic E-state index is -3.89. The standard InChI is InChI=1S/C35H45ClN2O5S/c1-23(2)17-28-8-4-5-9-32(42-3)29-13-10-26(29)20-38-21-35(16-6-7-24-18-27(36)12-14-30(24)35)22-43-33-15-11-25(19-31(33)38)34(39)37-44(28,40)41/h5,9,11-12,14-15,18-19,23,26,28-29,32H,4,6-8,10,13,16-17,20-22H2,1-3H3,(H,37,39)/b9-5+/t26-,28+,29+,32-,35-/m0/s1. The normalized spacial score (nSPS) is 30.8. The second-order valence-electron chi connectivity index (χ2n) is 13.7. The Balaban J connectivity index is 1.41. The molecule has 7 nitrogen and oxygen atoms in total. The van der Waals surface area contributed by atoms with Gasteiger partial charge in [0.1, 0.15) is 5.75 Å². The van der Waals surface area contributed by atoms with Gasteiger partial charge in [-0.15, -0.1) is 0 Å². The number of allylic oxidation sites excluding steroid dienone is 1. The number of nitrogens with zero attached hydrogens (tertiary/aromatic N) is 1. The summed E-state index contributed by atoms with van der Waals surface area (Å²) in [6, 6.07) is 11.6. The number of anilines is 1. The molecule has 0 saturated heterocycles. The number of carbonyl (C=O) groups excluding carboxylic acids is 1. The van der Waals surface area contributed by atoms with Crippen LogP contribution in [0, 0.1) is 17.8 Å². The Kier molecular flexibility index (Phi) is 9.06. The van der Waals surface area contributed by atoms with Gasteiger partial charge < -0.3 is 14.4 Å². The van der Waals surface area contributed by atoms with E-state index in [1.165, 1.54) is 11.1 Å². The van der Waals surface area contributed by atoms with E-state index in [-0.39, 0.29) is 17.4 Å². The lowest BCUT2D eigenvalue weighted by Crippen LogP contribution is -2.49. The minimum absolute atomic E-state index is 0.0259. The zero-order valence-electron chi connectivity index (χ0n) is 26.1. The van der Waals surface area contributed by atoms with Crippen LogP contribution in [0.1, 0.15) is 80.3 Å². The van der Waals surface area contributed by atoms with Gasteiger partial charge in [-0.25, -0.2) is 13.1 Å². The van der Waals surface area contributed by atoms with Crippen LogP contribution in [0.15, 0.2) is 48.6 Å². The zero-order valence-corrected chi connectivity index (χ0v) is 27.6. The van der Waals surface area contributed by atoms with E-state index in [9.17, 15) is 13.2 Å². The predicted molar refractivity (Wildman–Crippen MR) is 175 cm³/mol. The predicted octanol–water partition coefficient (Wildman–Crippen LogP) is 6.68. The van der Waals surface area contributed by atoms with Gasteiger partial charge in [-0.1, -0.05) is 43.7 Å². The molecule has 5 atom stereocenters. The molecule has 238 valence electrons. The van der Waals surface area contributed by atoms with Gasteiger partial charge in [0.2, 0.25) is 10.0 Å². The number of amides is 1. The highest BCUT2D eigenvalue weighted by Crippen LogP contribution is 2.47. The van der Waals surface area contributed by atoms with E-state index >= 15 is 0 Å². The first-order valence-corrected chi connectivity index (χ1v) is 18.1. The molecule has 0 radical (unpaired) electrons.